The topological polar surface area (TPSA) is 51.8 Å². The Morgan fingerprint density at radius 2 is 1.71 bits per heavy atom. The fourth-order valence-electron chi connectivity index (χ4n) is 1.71. The van der Waals surface area contributed by atoms with Gasteiger partial charge in [0.1, 0.15) is 11.2 Å². The van der Waals surface area contributed by atoms with Gasteiger partial charge in [0.15, 0.2) is 0 Å². The molecule has 0 saturated heterocycles. The van der Waals surface area contributed by atoms with Crippen molar-refractivity contribution in [1.29, 1.82) is 0 Å². The lowest BCUT2D eigenvalue weighted by atomic mass is 9.81. The molecule has 1 aromatic carbocycles. The van der Waals surface area contributed by atoms with Crippen LogP contribution in [-0.2, 0) is 5.41 Å². The fourth-order valence-corrected chi connectivity index (χ4v) is 1.92. The van der Waals surface area contributed by atoms with E-state index in [1.54, 1.807) is 18.5 Å². The van der Waals surface area contributed by atoms with Gasteiger partial charge < -0.3 is 5.73 Å². The molecule has 0 radical (unpaired) electrons. The summed E-state index contributed by atoms with van der Waals surface area (Å²) < 4.78 is 0. The van der Waals surface area contributed by atoms with Gasteiger partial charge in [0.25, 0.3) is 0 Å². The van der Waals surface area contributed by atoms with Gasteiger partial charge in [-0.15, -0.1) is 0 Å². The lowest BCUT2D eigenvalue weighted by Crippen LogP contribution is -2.39. The number of rotatable bonds is 3. The van der Waals surface area contributed by atoms with Crippen molar-refractivity contribution in [1.82, 2.24) is 9.97 Å². The van der Waals surface area contributed by atoms with Gasteiger partial charge in [0.2, 0.25) is 0 Å². The molecule has 2 aromatic rings. The van der Waals surface area contributed by atoms with Gasteiger partial charge in [-0.25, -0.2) is 9.97 Å². The van der Waals surface area contributed by atoms with E-state index in [-0.39, 0.29) is 0 Å². The van der Waals surface area contributed by atoms with E-state index in [0.29, 0.717) is 10.8 Å². The number of aromatic nitrogens is 2. The van der Waals surface area contributed by atoms with E-state index in [2.05, 4.69) is 9.97 Å². The number of benzene rings is 1. The number of hydrogen-bond acceptors (Lipinski definition) is 3. The lowest BCUT2D eigenvalue weighted by Gasteiger charge is -2.27. The third-order valence-electron chi connectivity index (χ3n) is 2.86. The van der Waals surface area contributed by atoms with Crippen molar-refractivity contribution in [2.45, 2.75) is 12.3 Å². The SMILES string of the molecule is CC(C(N)=S)(c1ccccc1)c1ncccn1. The number of hydrogen-bond donors (Lipinski definition) is 1. The van der Waals surface area contributed by atoms with Gasteiger partial charge in [-0.05, 0) is 18.6 Å². The van der Waals surface area contributed by atoms with Crippen LogP contribution in [0.4, 0.5) is 0 Å². The van der Waals surface area contributed by atoms with Crippen LogP contribution in [0.3, 0.4) is 0 Å². The van der Waals surface area contributed by atoms with Gasteiger partial charge in [-0.2, -0.15) is 0 Å². The van der Waals surface area contributed by atoms with Crippen LogP contribution in [0.15, 0.2) is 48.8 Å². The molecule has 0 saturated carbocycles. The van der Waals surface area contributed by atoms with Crippen molar-refractivity contribution in [3.05, 3.63) is 60.2 Å². The Kier molecular flexibility index (Phi) is 3.15. The minimum atomic E-state index is -0.627. The van der Waals surface area contributed by atoms with Gasteiger partial charge in [-0.1, -0.05) is 42.5 Å². The molecular formula is C13H13N3S. The maximum atomic E-state index is 5.89. The summed E-state index contributed by atoms with van der Waals surface area (Å²) in [5.41, 5.74) is 6.26. The summed E-state index contributed by atoms with van der Waals surface area (Å²) in [4.78, 5) is 8.91. The average molecular weight is 243 g/mol. The number of nitrogens with zero attached hydrogens (tertiary/aromatic N) is 2. The summed E-state index contributed by atoms with van der Waals surface area (Å²) in [6.07, 6.45) is 3.39. The maximum Gasteiger partial charge on any atom is 0.145 e. The molecule has 0 bridgehead atoms. The van der Waals surface area contributed by atoms with E-state index >= 15 is 0 Å². The average Bonchev–Trinajstić information content (AvgIpc) is 2.39. The second-order valence-corrected chi connectivity index (χ2v) is 4.37. The quantitative estimate of drug-likeness (QED) is 0.838. The van der Waals surface area contributed by atoms with Crippen molar-refractivity contribution < 1.29 is 0 Å². The van der Waals surface area contributed by atoms with Crippen LogP contribution >= 0.6 is 12.2 Å². The standard InChI is InChI=1S/C13H13N3S/c1-13(11(14)17,10-6-3-2-4-7-10)12-15-8-5-9-16-12/h2-9H,1H3,(H2,14,17). The van der Waals surface area contributed by atoms with E-state index in [0.717, 1.165) is 5.56 Å². The molecular weight excluding hydrogens is 230 g/mol. The van der Waals surface area contributed by atoms with E-state index in [4.69, 9.17) is 18.0 Å². The second kappa shape index (κ2) is 4.59. The zero-order chi connectivity index (χ0) is 12.3. The Morgan fingerprint density at radius 3 is 2.24 bits per heavy atom. The summed E-state index contributed by atoms with van der Waals surface area (Å²) in [6.45, 7) is 1.94. The molecule has 1 unspecified atom stereocenters. The number of thiocarbonyl (C=S) groups is 1. The smallest absolute Gasteiger partial charge is 0.145 e. The largest absolute Gasteiger partial charge is 0.392 e. The predicted octanol–water partition coefficient (Wildman–Crippen LogP) is 2.07. The highest BCUT2D eigenvalue weighted by atomic mass is 32.1. The first-order valence-corrected chi connectivity index (χ1v) is 5.69. The van der Waals surface area contributed by atoms with Crippen molar-refractivity contribution in [2.24, 2.45) is 5.73 Å². The molecule has 2 N–H and O–H groups in total. The Morgan fingerprint density at radius 1 is 1.12 bits per heavy atom. The highest BCUT2D eigenvalue weighted by molar-refractivity contribution is 7.80. The van der Waals surface area contributed by atoms with Crippen molar-refractivity contribution >= 4 is 17.2 Å². The monoisotopic (exact) mass is 243 g/mol. The zero-order valence-electron chi connectivity index (χ0n) is 9.50. The first-order valence-electron chi connectivity index (χ1n) is 5.28. The molecule has 0 amide bonds. The highest BCUT2D eigenvalue weighted by Gasteiger charge is 2.34. The summed E-state index contributed by atoms with van der Waals surface area (Å²) >= 11 is 5.19. The van der Waals surface area contributed by atoms with Gasteiger partial charge >= 0.3 is 0 Å². The molecule has 86 valence electrons. The van der Waals surface area contributed by atoms with E-state index < -0.39 is 5.41 Å². The third kappa shape index (κ3) is 2.03. The fraction of sp³-hybridized carbons (Fsp3) is 0.154. The molecule has 0 aliphatic heterocycles. The van der Waals surface area contributed by atoms with Crippen LogP contribution in [0.1, 0.15) is 18.3 Å². The van der Waals surface area contributed by atoms with Crippen LogP contribution in [0.5, 0.6) is 0 Å². The first-order chi connectivity index (χ1) is 8.15. The number of nitrogens with two attached hydrogens (primary N) is 1. The van der Waals surface area contributed by atoms with E-state index in [1.165, 1.54) is 0 Å². The molecule has 1 aromatic heterocycles. The molecule has 1 heterocycles. The highest BCUT2D eigenvalue weighted by Crippen LogP contribution is 2.29. The molecule has 3 nitrogen and oxygen atoms in total. The molecule has 0 fully saturated rings. The first kappa shape index (κ1) is 11.7. The molecule has 0 aliphatic rings. The Hall–Kier alpha value is -1.81. The van der Waals surface area contributed by atoms with Crippen LogP contribution in [0.25, 0.3) is 0 Å². The summed E-state index contributed by atoms with van der Waals surface area (Å²) in [5, 5.41) is 0. The van der Waals surface area contributed by atoms with Gasteiger partial charge in [-0.3, -0.25) is 0 Å². The van der Waals surface area contributed by atoms with Gasteiger partial charge in [0.05, 0.1) is 4.99 Å². The normalized spacial score (nSPS) is 13.9. The van der Waals surface area contributed by atoms with Crippen LogP contribution < -0.4 is 5.73 Å². The Bertz CT molecular complexity index is 471. The van der Waals surface area contributed by atoms with Crippen molar-refractivity contribution in [3.63, 3.8) is 0 Å². The summed E-state index contributed by atoms with van der Waals surface area (Å²) in [5.74, 6) is 0.624. The minimum absolute atomic E-state index is 0.370. The molecule has 4 heteroatoms. The van der Waals surface area contributed by atoms with Crippen LogP contribution in [-0.4, -0.2) is 15.0 Å². The van der Waals surface area contributed by atoms with Gasteiger partial charge in [0, 0.05) is 12.4 Å². The minimum Gasteiger partial charge on any atom is -0.392 e. The Balaban J connectivity index is 2.59. The third-order valence-corrected chi connectivity index (χ3v) is 3.27. The van der Waals surface area contributed by atoms with Crippen molar-refractivity contribution in [2.75, 3.05) is 0 Å². The van der Waals surface area contributed by atoms with Crippen LogP contribution in [0, 0.1) is 0 Å². The second-order valence-electron chi connectivity index (χ2n) is 3.93. The molecule has 2 rings (SSSR count). The Labute approximate surface area is 106 Å². The zero-order valence-corrected chi connectivity index (χ0v) is 10.3. The van der Waals surface area contributed by atoms with E-state index in [9.17, 15) is 0 Å². The van der Waals surface area contributed by atoms with Crippen LogP contribution in [0.2, 0.25) is 0 Å². The summed E-state index contributed by atoms with van der Waals surface area (Å²) in [6, 6.07) is 11.6. The lowest BCUT2D eigenvalue weighted by molar-refractivity contribution is 0.703. The molecule has 0 spiro atoms. The molecule has 0 aliphatic carbocycles. The maximum absolute atomic E-state index is 5.89. The van der Waals surface area contributed by atoms with Crippen molar-refractivity contribution in [3.8, 4) is 0 Å². The molecule has 17 heavy (non-hydrogen) atoms. The summed E-state index contributed by atoms with van der Waals surface area (Å²) in [7, 11) is 0. The molecule has 1 atom stereocenters. The van der Waals surface area contributed by atoms with E-state index in [1.807, 2.05) is 37.3 Å². The predicted molar refractivity (Wildman–Crippen MR) is 71.7 cm³/mol.